The van der Waals surface area contributed by atoms with Crippen molar-refractivity contribution < 1.29 is 9.53 Å². The number of hydrogen-bond acceptors (Lipinski definition) is 3. The Labute approximate surface area is 121 Å². The largest absolute Gasteiger partial charge is 0.381 e. The maximum Gasteiger partial charge on any atom is 0.225 e. The molecule has 0 bridgehead atoms. The van der Waals surface area contributed by atoms with Crippen LogP contribution in [0.25, 0.3) is 0 Å². The van der Waals surface area contributed by atoms with E-state index in [1.807, 2.05) is 15.8 Å². The fraction of sp³-hybridized carbons (Fsp3) is 0.692. The van der Waals surface area contributed by atoms with Gasteiger partial charge in [-0.1, -0.05) is 0 Å². The summed E-state index contributed by atoms with van der Waals surface area (Å²) < 4.78 is 8.23. The highest BCUT2D eigenvalue weighted by molar-refractivity contribution is 9.10. The lowest BCUT2D eigenvalue weighted by Gasteiger charge is -2.41. The zero-order chi connectivity index (χ0) is 13.2. The number of amides is 1. The molecule has 0 radical (unpaired) electrons. The summed E-state index contributed by atoms with van der Waals surface area (Å²) >= 11 is 3.39. The number of hydrogen-bond donors (Lipinski definition) is 0. The van der Waals surface area contributed by atoms with Crippen LogP contribution < -0.4 is 0 Å². The van der Waals surface area contributed by atoms with Crippen LogP contribution in [0.3, 0.4) is 0 Å². The van der Waals surface area contributed by atoms with E-state index in [-0.39, 0.29) is 5.92 Å². The van der Waals surface area contributed by atoms with Gasteiger partial charge < -0.3 is 9.64 Å². The molecule has 0 spiro atoms. The molecule has 2 aliphatic rings. The van der Waals surface area contributed by atoms with E-state index in [1.165, 1.54) is 0 Å². The minimum atomic E-state index is 0.188. The Kier molecular flexibility index (Phi) is 3.88. The summed E-state index contributed by atoms with van der Waals surface area (Å²) in [6.07, 6.45) is 5.53. The SMILES string of the molecule is O=C(C1CCOCC1)N1CC(Cn2cc(Br)cn2)C1. The molecular weight excluding hydrogens is 310 g/mol. The number of likely N-dealkylation sites (tertiary alicyclic amines) is 1. The number of ether oxygens (including phenoxy) is 1. The third-order valence-electron chi connectivity index (χ3n) is 3.89. The lowest BCUT2D eigenvalue weighted by molar-refractivity contribution is -0.145. The Hall–Kier alpha value is -0.880. The molecule has 0 aliphatic carbocycles. The summed E-state index contributed by atoms with van der Waals surface area (Å²) in [4.78, 5) is 14.2. The number of carbonyl (C=O) groups is 1. The lowest BCUT2D eigenvalue weighted by atomic mass is 9.93. The van der Waals surface area contributed by atoms with Crippen molar-refractivity contribution >= 4 is 21.8 Å². The van der Waals surface area contributed by atoms with Crippen LogP contribution >= 0.6 is 15.9 Å². The number of halogens is 1. The molecule has 5 nitrogen and oxygen atoms in total. The van der Waals surface area contributed by atoms with Gasteiger partial charge in [-0.15, -0.1) is 0 Å². The van der Waals surface area contributed by atoms with Gasteiger partial charge in [0, 0.05) is 50.9 Å². The molecule has 2 fully saturated rings. The van der Waals surface area contributed by atoms with Crippen molar-refractivity contribution in [1.82, 2.24) is 14.7 Å². The second-order valence-corrected chi connectivity index (χ2v) is 6.29. The first-order chi connectivity index (χ1) is 9.22. The van der Waals surface area contributed by atoms with E-state index in [1.54, 1.807) is 6.20 Å². The molecule has 0 N–H and O–H groups in total. The van der Waals surface area contributed by atoms with Gasteiger partial charge in [-0.05, 0) is 28.8 Å². The van der Waals surface area contributed by atoms with E-state index < -0.39 is 0 Å². The highest BCUT2D eigenvalue weighted by atomic mass is 79.9. The second kappa shape index (κ2) is 5.63. The van der Waals surface area contributed by atoms with E-state index in [0.717, 1.165) is 50.2 Å². The van der Waals surface area contributed by atoms with E-state index in [2.05, 4.69) is 21.0 Å². The smallest absolute Gasteiger partial charge is 0.225 e. The molecule has 0 saturated carbocycles. The molecule has 0 atom stereocenters. The average molecular weight is 328 g/mol. The number of nitrogens with zero attached hydrogens (tertiary/aromatic N) is 3. The van der Waals surface area contributed by atoms with Gasteiger partial charge in [-0.2, -0.15) is 5.10 Å². The van der Waals surface area contributed by atoms with Crippen LogP contribution in [0.15, 0.2) is 16.9 Å². The van der Waals surface area contributed by atoms with Crippen LogP contribution in [-0.4, -0.2) is 46.9 Å². The van der Waals surface area contributed by atoms with Gasteiger partial charge in [0.1, 0.15) is 0 Å². The number of rotatable bonds is 3. The van der Waals surface area contributed by atoms with Crippen molar-refractivity contribution in [3.8, 4) is 0 Å². The van der Waals surface area contributed by atoms with Crippen molar-refractivity contribution in [1.29, 1.82) is 0 Å². The minimum absolute atomic E-state index is 0.188. The fourth-order valence-electron chi connectivity index (χ4n) is 2.77. The van der Waals surface area contributed by atoms with Crippen LogP contribution in [-0.2, 0) is 16.1 Å². The Morgan fingerprint density at radius 3 is 2.79 bits per heavy atom. The molecule has 2 aliphatic heterocycles. The van der Waals surface area contributed by atoms with Gasteiger partial charge in [0.15, 0.2) is 0 Å². The monoisotopic (exact) mass is 327 g/mol. The third-order valence-corrected chi connectivity index (χ3v) is 4.30. The summed E-state index contributed by atoms with van der Waals surface area (Å²) in [5.41, 5.74) is 0. The zero-order valence-electron chi connectivity index (χ0n) is 10.8. The molecule has 0 aromatic carbocycles. The molecule has 0 unspecified atom stereocenters. The summed E-state index contributed by atoms with van der Waals surface area (Å²) in [6, 6.07) is 0. The first-order valence-electron chi connectivity index (χ1n) is 6.77. The molecular formula is C13H18BrN3O2. The van der Waals surface area contributed by atoms with Crippen LogP contribution in [0.5, 0.6) is 0 Å². The van der Waals surface area contributed by atoms with Crippen LogP contribution in [0, 0.1) is 11.8 Å². The normalized spacial score (nSPS) is 21.4. The van der Waals surface area contributed by atoms with Gasteiger partial charge in [0.25, 0.3) is 0 Å². The Bertz CT molecular complexity index is 450. The average Bonchev–Trinajstić information content (AvgIpc) is 2.79. The number of aromatic nitrogens is 2. The molecule has 1 aromatic heterocycles. The van der Waals surface area contributed by atoms with Crippen molar-refractivity contribution in [2.24, 2.45) is 11.8 Å². The van der Waals surface area contributed by atoms with E-state index in [4.69, 9.17) is 4.74 Å². The lowest BCUT2D eigenvalue weighted by Crippen LogP contribution is -2.53. The molecule has 104 valence electrons. The molecule has 3 heterocycles. The zero-order valence-corrected chi connectivity index (χ0v) is 12.4. The standard InChI is InChI=1S/C13H18BrN3O2/c14-12-5-15-17(9-12)8-10-6-16(7-10)13(18)11-1-3-19-4-2-11/h5,9-11H,1-4,6-8H2. The summed E-state index contributed by atoms with van der Waals surface area (Å²) in [6.45, 7) is 4.09. The predicted molar refractivity (Wildman–Crippen MR) is 73.5 cm³/mol. The van der Waals surface area contributed by atoms with Crippen molar-refractivity contribution in [2.75, 3.05) is 26.3 Å². The topological polar surface area (TPSA) is 47.4 Å². The van der Waals surface area contributed by atoms with E-state index >= 15 is 0 Å². The second-order valence-electron chi connectivity index (χ2n) is 5.38. The number of carbonyl (C=O) groups excluding carboxylic acids is 1. The maximum absolute atomic E-state index is 12.2. The fourth-order valence-corrected chi connectivity index (χ4v) is 3.10. The molecule has 2 saturated heterocycles. The summed E-state index contributed by atoms with van der Waals surface area (Å²) in [7, 11) is 0. The van der Waals surface area contributed by atoms with E-state index in [9.17, 15) is 4.79 Å². The highest BCUT2D eigenvalue weighted by Crippen LogP contribution is 2.24. The van der Waals surface area contributed by atoms with E-state index in [0.29, 0.717) is 11.8 Å². The summed E-state index contributed by atoms with van der Waals surface area (Å²) in [5.74, 6) is 1.05. The molecule has 6 heteroatoms. The molecule has 1 aromatic rings. The summed E-state index contributed by atoms with van der Waals surface area (Å²) in [5, 5.41) is 4.25. The van der Waals surface area contributed by atoms with Crippen LogP contribution in [0.4, 0.5) is 0 Å². The Morgan fingerprint density at radius 1 is 1.42 bits per heavy atom. The van der Waals surface area contributed by atoms with Gasteiger partial charge in [-0.3, -0.25) is 9.48 Å². The van der Waals surface area contributed by atoms with Gasteiger partial charge in [0.05, 0.1) is 10.7 Å². The van der Waals surface area contributed by atoms with Gasteiger partial charge in [-0.25, -0.2) is 0 Å². The van der Waals surface area contributed by atoms with Gasteiger partial charge in [0.2, 0.25) is 5.91 Å². The van der Waals surface area contributed by atoms with Crippen molar-refractivity contribution in [3.05, 3.63) is 16.9 Å². The quantitative estimate of drug-likeness (QED) is 0.845. The van der Waals surface area contributed by atoms with Crippen LogP contribution in [0.2, 0.25) is 0 Å². The molecule has 3 rings (SSSR count). The maximum atomic E-state index is 12.2. The minimum Gasteiger partial charge on any atom is -0.381 e. The molecule has 19 heavy (non-hydrogen) atoms. The first-order valence-corrected chi connectivity index (χ1v) is 7.56. The van der Waals surface area contributed by atoms with Crippen molar-refractivity contribution in [2.45, 2.75) is 19.4 Å². The Morgan fingerprint density at radius 2 is 2.16 bits per heavy atom. The third kappa shape index (κ3) is 3.00. The molecule has 1 amide bonds. The highest BCUT2D eigenvalue weighted by Gasteiger charge is 2.35. The first kappa shape index (κ1) is 13.1. The van der Waals surface area contributed by atoms with Crippen molar-refractivity contribution in [3.63, 3.8) is 0 Å². The predicted octanol–water partition coefficient (Wildman–Crippen LogP) is 1.53. The van der Waals surface area contributed by atoms with Gasteiger partial charge >= 0.3 is 0 Å². The Balaban J connectivity index is 1.45. The van der Waals surface area contributed by atoms with Crippen LogP contribution in [0.1, 0.15) is 12.8 Å².